The van der Waals surface area contributed by atoms with Gasteiger partial charge < -0.3 is 0 Å². The Kier molecular flexibility index (Phi) is 7.16. The summed E-state index contributed by atoms with van der Waals surface area (Å²) in [7, 11) is 0. The third kappa shape index (κ3) is 5.10. The van der Waals surface area contributed by atoms with Crippen LogP contribution in [0, 0.1) is 0 Å². The molecule has 0 radical (unpaired) electrons. The lowest BCUT2D eigenvalue weighted by Gasteiger charge is -2.22. The fraction of sp³-hybridized carbons (Fsp3) is 0.115. The second-order valence-corrected chi connectivity index (χ2v) is 9.81. The van der Waals surface area contributed by atoms with Crippen LogP contribution in [0.25, 0.3) is 6.08 Å². The van der Waals surface area contributed by atoms with Crippen LogP contribution in [0.5, 0.6) is 0 Å². The number of hydrogen-bond donors (Lipinski definition) is 0. The molecule has 1 aliphatic rings. The lowest BCUT2D eigenvalue weighted by Crippen LogP contribution is -2.13. The molecule has 0 N–H and O–H groups in total. The van der Waals surface area contributed by atoms with Crippen LogP contribution in [0.1, 0.15) is 22.6 Å². The van der Waals surface area contributed by atoms with Gasteiger partial charge in [-0.3, -0.25) is 4.79 Å². The SMILES string of the molecule is O=C(/C=C/c1ccc(Cl)cc1)C(=C1SCCS1)C(c1ccccc1)c1ccccc1. The average molecular weight is 449 g/mol. The van der Waals surface area contributed by atoms with E-state index < -0.39 is 0 Å². The molecule has 150 valence electrons. The Balaban J connectivity index is 1.78. The number of thioether (sulfide) groups is 2. The lowest BCUT2D eigenvalue weighted by molar-refractivity contribution is -0.111. The van der Waals surface area contributed by atoms with Crippen LogP contribution in [0.15, 0.2) is 101 Å². The van der Waals surface area contributed by atoms with Crippen LogP contribution in [0.3, 0.4) is 0 Å². The van der Waals surface area contributed by atoms with Crippen LogP contribution >= 0.6 is 35.1 Å². The van der Waals surface area contributed by atoms with E-state index in [0.29, 0.717) is 5.02 Å². The molecule has 0 unspecified atom stereocenters. The van der Waals surface area contributed by atoms with Crippen LogP contribution in [0.4, 0.5) is 0 Å². The van der Waals surface area contributed by atoms with Gasteiger partial charge in [0, 0.05) is 32.3 Å². The van der Waals surface area contributed by atoms with Gasteiger partial charge in [-0.25, -0.2) is 0 Å². The number of ketones is 1. The molecule has 1 saturated heterocycles. The zero-order chi connectivity index (χ0) is 20.8. The molecule has 1 heterocycles. The van der Waals surface area contributed by atoms with Crippen molar-refractivity contribution in [3.63, 3.8) is 0 Å². The molecule has 4 heteroatoms. The summed E-state index contributed by atoms with van der Waals surface area (Å²) in [6.45, 7) is 0. The third-order valence-corrected chi connectivity index (χ3v) is 7.88. The quantitative estimate of drug-likeness (QED) is 0.364. The van der Waals surface area contributed by atoms with E-state index in [1.165, 1.54) is 0 Å². The second-order valence-electron chi connectivity index (χ2n) is 6.90. The first-order valence-electron chi connectivity index (χ1n) is 9.80. The monoisotopic (exact) mass is 448 g/mol. The summed E-state index contributed by atoms with van der Waals surface area (Å²) in [6, 6.07) is 28.1. The van der Waals surface area contributed by atoms with Crippen LogP contribution in [-0.4, -0.2) is 17.3 Å². The fourth-order valence-electron chi connectivity index (χ4n) is 3.48. The van der Waals surface area contributed by atoms with E-state index >= 15 is 0 Å². The summed E-state index contributed by atoms with van der Waals surface area (Å²) in [5.74, 6) is 2.03. The molecule has 0 bridgehead atoms. The van der Waals surface area contributed by atoms with Crippen LogP contribution in [-0.2, 0) is 4.79 Å². The predicted molar refractivity (Wildman–Crippen MR) is 132 cm³/mol. The first kappa shape index (κ1) is 21.0. The number of allylic oxidation sites excluding steroid dienone is 2. The van der Waals surface area contributed by atoms with Crippen molar-refractivity contribution in [2.45, 2.75) is 5.92 Å². The van der Waals surface area contributed by atoms with Gasteiger partial charge in [0.1, 0.15) is 0 Å². The Labute approximate surface area is 191 Å². The van der Waals surface area contributed by atoms with E-state index in [1.54, 1.807) is 29.6 Å². The van der Waals surface area contributed by atoms with Gasteiger partial charge in [0.2, 0.25) is 0 Å². The summed E-state index contributed by atoms with van der Waals surface area (Å²) < 4.78 is 1.14. The minimum atomic E-state index is -0.0946. The minimum absolute atomic E-state index is 0.0551. The van der Waals surface area contributed by atoms with Gasteiger partial charge >= 0.3 is 0 Å². The van der Waals surface area contributed by atoms with Gasteiger partial charge in [0.25, 0.3) is 0 Å². The van der Waals surface area contributed by atoms with Crippen LogP contribution < -0.4 is 0 Å². The Hall–Kier alpha value is -2.20. The summed E-state index contributed by atoms with van der Waals surface area (Å²) in [4.78, 5) is 13.6. The zero-order valence-corrected chi connectivity index (χ0v) is 18.7. The molecule has 0 saturated carbocycles. The van der Waals surface area contributed by atoms with Gasteiger partial charge in [-0.2, -0.15) is 0 Å². The first-order chi connectivity index (χ1) is 14.7. The molecule has 0 spiro atoms. The van der Waals surface area contributed by atoms with E-state index in [1.807, 2.05) is 66.7 Å². The van der Waals surface area contributed by atoms with Crippen molar-refractivity contribution in [2.24, 2.45) is 0 Å². The van der Waals surface area contributed by atoms with E-state index in [2.05, 4.69) is 24.3 Å². The fourth-order valence-corrected chi connectivity index (χ4v) is 6.22. The van der Waals surface area contributed by atoms with Crippen molar-refractivity contribution < 1.29 is 4.79 Å². The van der Waals surface area contributed by atoms with Gasteiger partial charge in [0.05, 0.1) is 0 Å². The number of hydrogen-bond acceptors (Lipinski definition) is 3. The van der Waals surface area contributed by atoms with Crippen molar-refractivity contribution in [1.29, 1.82) is 0 Å². The molecule has 3 aromatic carbocycles. The molecule has 4 rings (SSSR count). The Morgan fingerprint density at radius 2 is 1.33 bits per heavy atom. The van der Waals surface area contributed by atoms with Crippen molar-refractivity contribution in [1.82, 2.24) is 0 Å². The Morgan fingerprint density at radius 3 is 1.87 bits per heavy atom. The van der Waals surface area contributed by atoms with Gasteiger partial charge in [0.15, 0.2) is 5.78 Å². The third-order valence-electron chi connectivity index (χ3n) is 4.89. The largest absolute Gasteiger partial charge is 0.290 e. The van der Waals surface area contributed by atoms with Crippen molar-refractivity contribution in [2.75, 3.05) is 11.5 Å². The van der Waals surface area contributed by atoms with E-state index in [0.717, 1.165) is 38.0 Å². The maximum absolute atomic E-state index is 13.6. The summed E-state index contributed by atoms with van der Waals surface area (Å²) in [6.07, 6.45) is 3.57. The summed E-state index contributed by atoms with van der Waals surface area (Å²) in [5, 5.41) is 0.688. The maximum atomic E-state index is 13.6. The van der Waals surface area contributed by atoms with Gasteiger partial charge in [-0.05, 0) is 34.9 Å². The van der Waals surface area contributed by atoms with E-state index in [-0.39, 0.29) is 11.7 Å². The molecule has 0 amide bonds. The number of benzene rings is 3. The summed E-state index contributed by atoms with van der Waals surface area (Å²) in [5.41, 5.74) is 4.09. The number of rotatable bonds is 6. The molecule has 0 aromatic heterocycles. The first-order valence-corrected chi connectivity index (χ1v) is 12.1. The second kappa shape index (κ2) is 10.2. The molecule has 0 aliphatic carbocycles. The van der Waals surface area contributed by atoms with E-state index in [9.17, 15) is 4.79 Å². The average Bonchev–Trinajstić information content (AvgIpc) is 3.32. The lowest BCUT2D eigenvalue weighted by atomic mass is 9.83. The Morgan fingerprint density at radius 1 is 0.800 bits per heavy atom. The molecule has 3 aromatic rings. The molecule has 1 aliphatic heterocycles. The number of carbonyl (C=O) groups is 1. The predicted octanol–water partition coefficient (Wildman–Crippen LogP) is 7.45. The molecule has 1 nitrogen and oxygen atoms in total. The number of halogens is 1. The molecule has 1 fully saturated rings. The van der Waals surface area contributed by atoms with Crippen molar-refractivity contribution in [3.05, 3.63) is 123 Å². The molecular formula is C26H21ClOS2. The standard InChI is InChI=1S/C26H21ClOS2/c27-22-14-11-19(12-15-22)13-16-23(28)25(26-29-17-18-30-26)24(20-7-3-1-4-8-20)21-9-5-2-6-10-21/h1-16,24H,17-18H2/b16-13+. The maximum Gasteiger partial charge on any atom is 0.184 e. The van der Waals surface area contributed by atoms with E-state index in [4.69, 9.17) is 11.6 Å². The molecule has 0 atom stereocenters. The highest BCUT2D eigenvalue weighted by Gasteiger charge is 2.28. The topological polar surface area (TPSA) is 17.1 Å². The summed E-state index contributed by atoms with van der Waals surface area (Å²) >= 11 is 9.57. The van der Waals surface area contributed by atoms with Gasteiger partial charge in [-0.1, -0.05) is 90.5 Å². The molecular weight excluding hydrogens is 428 g/mol. The van der Waals surface area contributed by atoms with Crippen molar-refractivity contribution >= 4 is 47.0 Å². The van der Waals surface area contributed by atoms with Gasteiger partial charge in [-0.15, -0.1) is 23.5 Å². The highest BCUT2D eigenvalue weighted by molar-refractivity contribution is 8.25. The molecule has 30 heavy (non-hydrogen) atoms. The highest BCUT2D eigenvalue weighted by atomic mass is 35.5. The van der Waals surface area contributed by atoms with Crippen LogP contribution in [0.2, 0.25) is 5.02 Å². The van der Waals surface area contributed by atoms with Crippen molar-refractivity contribution in [3.8, 4) is 0 Å². The highest BCUT2D eigenvalue weighted by Crippen LogP contribution is 2.45. The zero-order valence-electron chi connectivity index (χ0n) is 16.3. The smallest absolute Gasteiger partial charge is 0.184 e. The number of carbonyl (C=O) groups excluding carboxylic acids is 1. The minimum Gasteiger partial charge on any atom is -0.290 e. The Bertz CT molecular complexity index is 1010. The normalized spacial score (nSPS) is 13.9.